The normalized spacial score (nSPS) is 16.7. The van der Waals surface area contributed by atoms with Crippen LogP contribution >= 0.6 is 0 Å². The lowest BCUT2D eigenvalue weighted by Crippen LogP contribution is -2.35. The average molecular weight is 311 g/mol. The van der Waals surface area contributed by atoms with Crippen molar-refractivity contribution in [1.29, 1.82) is 0 Å². The first-order chi connectivity index (χ1) is 11.2. The van der Waals surface area contributed by atoms with Crippen LogP contribution in [-0.2, 0) is 11.3 Å². The summed E-state index contributed by atoms with van der Waals surface area (Å²) in [6.45, 7) is 4.01. The van der Waals surface area contributed by atoms with Gasteiger partial charge in [-0.15, -0.1) is 0 Å². The predicted octanol–water partition coefficient (Wildman–Crippen LogP) is 2.46. The van der Waals surface area contributed by atoms with Crippen molar-refractivity contribution in [3.05, 3.63) is 53.7 Å². The number of hydrogen-bond donors (Lipinski definition) is 1. The second-order valence-electron chi connectivity index (χ2n) is 5.62. The number of hydrogen-bond acceptors (Lipinski definition) is 4. The molecule has 120 valence electrons. The van der Waals surface area contributed by atoms with E-state index < -0.39 is 0 Å². The lowest BCUT2D eigenvalue weighted by atomic mass is 9.89. The van der Waals surface area contributed by atoms with Gasteiger partial charge >= 0.3 is 0 Å². The summed E-state index contributed by atoms with van der Waals surface area (Å²) in [7, 11) is 0. The standard InChI is InChI=1S/C18H21N3O2/c1-2-23-17-9-5-6-13(20-17)12-21-11-10-15(18(19)22)14-7-3-4-8-16(14)21/h3-9,15H,2,10-12H2,1H3,(H2,19,22). The van der Waals surface area contributed by atoms with Crippen molar-refractivity contribution >= 4 is 11.6 Å². The molecule has 5 heteroatoms. The van der Waals surface area contributed by atoms with E-state index in [1.54, 1.807) is 0 Å². The van der Waals surface area contributed by atoms with Gasteiger partial charge in [-0.1, -0.05) is 24.3 Å². The van der Waals surface area contributed by atoms with Gasteiger partial charge in [-0.3, -0.25) is 4.79 Å². The van der Waals surface area contributed by atoms with Gasteiger partial charge in [-0.25, -0.2) is 4.98 Å². The van der Waals surface area contributed by atoms with Crippen molar-refractivity contribution in [1.82, 2.24) is 4.98 Å². The van der Waals surface area contributed by atoms with Crippen molar-refractivity contribution in [3.63, 3.8) is 0 Å². The van der Waals surface area contributed by atoms with E-state index >= 15 is 0 Å². The summed E-state index contributed by atoms with van der Waals surface area (Å²) in [4.78, 5) is 18.4. The smallest absolute Gasteiger partial charge is 0.225 e. The van der Waals surface area contributed by atoms with Crippen LogP contribution in [0, 0.1) is 0 Å². The Balaban J connectivity index is 1.85. The number of aromatic nitrogens is 1. The van der Waals surface area contributed by atoms with Crippen molar-refractivity contribution in [2.45, 2.75) is 25.8 Å². The topological polar surface area (TPSA) is 68.5 Å². The van der Waals surface area contributed by atoms with E-state index in [2.05, 4.69) is 9.88 Å². The van der Waals surface area contributed by atoms with Crippen LogP contribution in [0.2, 0.25) is 0 Å². The minimum Gasteiger partial charge on any atom is -0.478 e. The number of benzene rings is 1. The summed E-state index contributed by atoms with van der Waals surface area (Å²) in [6.07, 6.45) is 0.734. The molecule has 1 aliphatic rings. The summed E-state index contributed by atoms with van der Waals surface area (Å²) < 4.78 is 5.46. The van der Waals surface area contributed by atoms with Gasteiger partial charge in [0, 0.05) is 18.3 Å². The van der Waals surface area contributed by atoms with Crippen LogP contribution in [0.3, 0.4) is 0 Å². The number of anilines is 1. The molecule has 0 fully saturated rings. The van der Waals surface area contributed by atoms with Crippen LogP contribution in [0.5, 0.6) is 5.88 Å². The number of primary amides is 1. The first-order valence-electron chi connectivity index (χ1n) is 7.91. The summed E-state index contributed by atoms with van der Waals surface area (Å²) in [5.74, 6) is 0.184. The van der Waals surface area contributed by atoms with E-state index in [0.29, 0.717) is 19.0 Å². The lowest BCUT2D eigenvalue weighted by molar-refractivity contribution is -0.119. The number of amides is 1. The molecular formula is C18H21N3O2. The van der Waals surface area contributed by atoms with Gasteiger partial charge < -0.3 is 15.4 Å². The molecule has 1 aromatic carbocycles. The fourth-order valence-corrected chi connectivity index (χ4v) is 3.06. The molecule has 2 N–H and O–H groups in total. The van der Waals surface area contributed by atoms with E-state index in [0.717, 1.165) is 29.9 Å². The van der Waals surface area contributed by atoms with Crippen LogP contribution in [-0.4, -0.2) is 24.0 Å². The number of nitrogens with zero attached hydrogens (tertiary/aromatic N) is 2. The highest BCUT2D eigenvalue weighted by Crippen LogP contribution is 2.35. The average Bonchev–Trinajstić information content (AvgIpc) is 2.55. The summed E-state index contributed by atoms with van der Waals surface area (Å²) in [5, 5.41) is 0. The molecule has 23 heavy (non-hydrogen) atoms. The van der Waals surface area contributed by atoms with Gasteiger partial charge in [0.1, 0.15) is 0 Å². The molecule has 0 saturated carbocycles. The van der Waals surface area contributed by atoms with Crippen molar-refractivity contribution < 1.29 is 9.53 Å². The maximum absolute atomic E-state index is 11.7. The van der Waals surface area contributed by atoms with E-state index in [1.807, 2.05) is 49.4 Å². The Kier molecular flexibility index (Phi) is 4.46. The van der Waals surface area contributed by atoms with E-state index in [1.165, 1.54) is 0 Å². The Morgan fingerprint density at radius 1 is 1.30 bits per heavy atom. The maximum atomic E-state index is 11.7. The molecule has 0 spiro atoms. The SMILES string of the molecule is CCOc1cccc(CN2CCC(C(N)=O)c3ccccc32)n1. The summed E-state index contributed by atoms with van der Waals surface area (Å²) in [6, 6.07) is 13.8. The number of carbonyl (C=O) groups is 1. The third-order valence-electron chi connectivity index (χ3n) is 4.11. The summed E-state index contributed by atoms with van der Waals surface area (Å²) >= 11 is 0. The Labute approximate surface area is 136 Å². The minimum atomic E-state index is -0.256. The summed E-state index contributed by atoms with van der Waals surface area (Å²) in [5.41, 5.74) is 8.56. The molecule has 1 aromatic heterocycles. The highest BCUT2D eigenvalue weighted by atomic mass is 16.5. The fraction of sp³-hybridized carbons (Fsp3) is 0.333. The molecule has 0 aliphatic carbocycles. The molecule has 0 radical (unpaired) electrons. The molecule has 1 aliphatic heterocycles. The Bertz CT molecular complexity index is 702. The van der Waals surface area contributed by atoms with Crippen LogP contribution in [0.15, 0.2) is 42.5 Å². The highest BCUT2D eigenvalue weighted by molar-refractivity contribution is 5.85. The Hall–Kier alpha value is -2.56. The quantitative estimate of drug-likeness (QED) is 0.921. The van der Waals surface area contributed by atoms with E-state index in [4.69, 9.17) is 10.5 Å². The zero-order valence-corrected chi connectivity index (χ0v) is 13.2. The van der Waals surface area contributed by atoms with Crippen LogP contribution in [0.4, 0.5) is 5.69 Å². The maximum Gasteiger partial charge on any atom is 0.225 e. The van der Waals surface area contributed by atoms with Crippen LogP contribution in [0.1, 0.15) is 30.5 Å². The van der Waals surface area contributed by atoms with Crippen molar-refractivity contribution in [2.24, 2.45) is 5.73 Å². The minimum absolute atomic E-state index is 0.204. The predicted molar refractivity (Wildman–Crippen MR) is 89.5 cm³/mol. The number of para-hydroxylation sites is 1. The first-order valence-corrected chi connectivity index (χ1v) is 7.91. The number of carbonyl (C=O) groups excluding carboxylic acids is 1. The second kappa shape index (κ2) is 6.69. The number of pyridine rings is 1. The molecule has 0 bridgehead atoms. The third-order valence-corrected chi connectivity index (χ3v) is 4.11. The van der Waals surface area contributed by atoms with Crippen LogP contribution in [0.25, 0.3) is 0 Å². The fourth-order valence-electron chi connectivity index (χ4n) is 3.06. The zero-order valence-electron chi connectivity index (χ0n) is 13.2. The molecule has 2 aromatic rings. The number of ether oxygens (including phenoxy) is 1. The number of rotatable bonds is 5. The molecule has 1 amide bonds. The molecule has 1 atom stereocenters. The molecular weight excluding hydrogens is 290 g/mol. The Morgan fingerprint density at radius 2 is 2.13 bits per heavy atom. The molecule has 1 unspecified atom stereocenters. The largest absolute Gasteiger partial charge is 0.478 e. The van der Waals surface area contributed by atoms with Gasteiger partial charge in [0.05, 0.1) is 24.8 Å². The van der Waals surface area contributed by atoms with Crippen molar-refractivity contribution in [2.75, 3.05) is 18.1 Å². The van der Waals surface area contributed by atoms with Gasteiger partial charge in [-0.05, 0) is 31.0 Å². The number of fused-ring (bicyclic) bond motifs is 1. The molecule has 3 rings (SSSR count). The van der Waals surface area contributed by atoms with Gasteiger partial charge in [0.15, 0.2) is 0 Å². The Morgan fingerprint density at radius 3 is 2.91 bits per heavy atom. The zero-order chi connectivity index (χ0) is 16.2. The van der Waals surface area contributed by atoms with E-state index in [9.17, 15) is 4.79 Å². The van der Waals surface area contributed by atoms with Gasteiger partial charge in [-0.2, -0.15) is 0 Å². The third kappa shape index (κ3) is 3.28. The van der Waals surface area contributed by atoms with Gasteiger partial charge in [0.25, 0.3) is 0 Å². The number of nitrogens with two attached hydrogens (primary N) is 1. The highest BCUT2D eigenvalue weighted by Gasteiger charge is 2.28. The lowest BCUT2D eigenvalue weighted by Gasteiger charge is -2.34. The van der Waals surface area contributed by atoms with Gasteiger partial charge in [0.2, 0.25) is 11.8 Å². The second-order valence-corrected chi connectivity index (χ2v) is 5.62. The first kappa shape index (κ1) is 15.3. The molecule has 2 heterocycles. The van der Waals surface area contributed by atoms with Crippen LogP contribution < -0.4 is 15.4 Å². The van der Waals surface area contributed by atoms with E-state index in [-0.39, 0.29) is 11.8 Å². The molecule has 0 saturated heterocycles. The van der Waals surface area contributed by atoms with Crippen molar-refractivity contribution in [3.8, 4) is 5.88 Å². The molecule has 5 nitrogen and oxygen atoms in total. The monoisotopic (exact) mass is 311 g/mol.